The molecule has 0 radical (unpaired) electrons. The quantitative estimate of drug-likeness (QED) is 0.370. The highest BCUT2D eigenvalue weighted by molar-refractivity contribution is 5.93. The number of carbonyl (C=O) groups excluding carboxylic acids is 2. The van der Waals surface area contributed by atoms with E-state index in [9.17, 15) is 14.9 Å². The van der Waals surface area contributed by atoms with Gasteiger partial charge in [-0.25, -0.2) is 4.79 Å². The second kappa shape index (κ2) is 9.00. The summed E-state index contributed by atoms with van der Waals surface area (Å²) in [5.74, 6) is -0.881. The van der Waals surface area contributed by atoms with Crippen LogP contribution >= 0.6 is 0 Å². The van der Waals surface area contributed by atoms with Gasteiger partial charge in [0.2, 0.25) is 0 Å². The summed E-state index contributed by atoms with van der Waals surface area (Å²) in [6.07, 6.45) is 3.79. The predicted molar refractivity (Wildman–Crippen MR) is 109 cm³/mol. The van der Waals surface area contributed by atoms with Gasteiger partial charge < -0.3 is 13.9 Å². The third-order valence-corrected chi connectivity index (χ3v) is 5.44. The van der Waals surface area contributed by atoms with Crippen molar-refractivity contribution in [2.24, 2.45) is 17.3 Å². The second-order valence-electron chi connectivity index (χ2n) is 7.93. The average Bonchev–Trinajstić information content (AvgIpc) is 3.03. The first kappa shape index (κ1) is 21.4. The molecule has 1 aliphatic rings. The second-order valence-corrected chi connectivity index (χ2v) is 7.93. The van der Waals surface area contributed by atoms with Crippen LogP contribution in [0.2, 0.25) is 0 Å². The minimum Gasteiger partial charge on any atom is -0.469 e. The van der Waals surface area contributed by atoms with Crippen molar-refractivity contribution in [3.63, 3.8) is 0 Å². The Hall–Kier alpha value is -3.33. The summed E-state index contributed by atoms with van der Waals surface area (Å²) in [5, 5.41) is 9.21. The summed E-state index contributed by atoms with van der Waals surface area (Å²) < 4.78 is 15.9. The summed E-state index contributed by atoms with van der Waals surface area (Å²) >= 11 is 0. The van der Waals surface area contributed by atoms with Crippen molar-refractivity contribution in [1.29, 1.82) is 5.26 Å². The molecule has 0 aliphatic heterocycles. The number of hydrogen-bond donors (Lipinski definition) is 0. The number of carbonyl (C=O) groups is 2. The minimum absolute atomic E-state index is 0.0781. The highest BCUT2D eigenvalue weighted by Gasteiger charge is 2.61. The van der Waals surface area contributed by atoms with Gasteiger partial charge in [0, 0.05) is 12.0 Å². The summed E-state index contributed by atoms with van der Waals surface area (Å²) in [5.41, 5.74) is 1.45. The van der Waals surface area contributed by atoms with E-state index in [0.717, 1.165) is 16.9 Å². The van der Waals surface area contributed by atoms with E-state index < -0.39 is 11.9 Å². The Labute approximate surface area is 176 Å². The number of nitrogens with zero attached hydrogens (tertiary/aromatic N) is 1. The molecule has 0 unspecified atom stereocenters. The van der Waals surface area contributed by atoms with Gasteiger partial charge in [-0.3, -0.25) is 4.79 Å². The van der Waals surface area contributed by atoms with Gasteiger partial charge >= 0.3 is 11.9 Å². The van der Waals surface area contributed by atoms with Crippen LogP contribution < -0.4 is 0 Å². The Morgan fingerprint density at radius 3 is 2.60 bits per heavy atom. The Kier molecular flexibility index (Phi) is 6.41. The zero-order valence-electron chi connectivity index (χ0n) is 17.4. The third-order valence-electron chi connectivity index (χ3n) is 5.44. The van der Waals surface area contributed by atoms with Crippen LogP contribution in [0.1, 0.15) is 37.7 Å². The van der Waals surface area contributed by atoms with Crippen LogP contribution in [0.3, 0.4) is 0 Å². The van der Waals surface area contributed by atoms with E-state index in [0.29, 0.717) is 6.42 Å². The van der Waals surface area contributed by atoms with Crippen LogP contribution in [0.5, 0.6) is 0 Å². The fourth-order valence-electron chi connectivity index (χ4n) is 3.61. The maximum Gasteiger partial charge on any atom is 0.348 e. The highest BCUT2D eigenvalue weighted by Crippen LogP contribution is 2.59. The van der Waals surface area contributed by atoms with Gasteiger partial charge in [-0.2, -0.15) is 5.26 Å². The Bertz CT molecular complexity index is 981. The smallest absolute Gasteiger partial charge is 0.348 e. The molecule has 156 valence electrons. The number of nitriles is 1. The summed E-state index contributed by atoms with van der Waals surface area (Å²) in [4.78, 5) is 24.4. The van der Waals surface area contributed by atoms with Crippen LogP contribution in [0, 0.1) is 28.6 Å². The monoisotopic (exact) mass is 407 g/mol. The molecule has 2 atom stereocenters. The molecule has 1 aliphatic carbocycles. The molecule has 0 amide bonds. The fourth-order valence-corrected chi connectivity index (χ4v) is 3.61. The first-order valence-corrected chi connectivity index (χ1v) is 9.92. The Morgan fingerprint density at radius 2 is 1.93 bits per heavy atom. The maximum absolute atomic E-state index is 12.6. The predicted octanol–water partition coefficient (Wildman–Crippen LogP) is 4.20. The minimum atomic E-state index is -0.667. The Morgan fingerprint density at radius 1 is 1.20 bits per heavy atom. The van der Waals surface area contributed by atoms with E-state index in [2.05, 4.69) is 0 Å². The van der Waals surface area contributed by atoms with Crippen LogP contribution in [0.25, 0.3) is 0 Å². The van der Waals surface area contributed by atoms with E-state index in [-0.39, 0.29) is 36.1 Å². The van der Waals surface area contributed by atoms with E-state index in [1.54, 1.807) is 13.2 Å². The Balaban J connectivity index is 1.57. The van der Waals surface area contributed by atoms with Crippen molar-refractivity contribution < 1.29 is 23.5 Å². The molecule has 1 fully saturated rings. The van der Waals surface area contributed by atoms with Gasteiger partial charge in [-0.05, 0) is 29.9 Å². The van der Waals surface area contributed by atoms with Gasteiger partial charge in [0.25, 0.3) is 0 Å². The van der Waals surface area contributed by atoms with Gasteiger partial charge in [0.1, 0.15) is 24.0 Å². The van der Waals surface area contributed by atoms with Crippen molar-refractivity contribution in [2.45, 2.75) is 33.8 Å². The molecular weight excluding hydrogens is 382 g/mol. The molecule has 0 saturated heterocycles. The molecule has 6 heteroatoms. The number of hydrogen-bond acceptors (Lipinski definition) is 6. The number of benzene rings is 1. The van der Waals surface area contributed by atoms with Crippen LogP contribution in [-0.4, -0.2) is 18.5 Å². The summed E-state index contributed by atoms with van der Waals surface area (Å²) in [7, 11) is 0. The lowest BCUT2D eigenvalue weighted by Gasteiger charge is -2.03. The standard InChI is InChI=1S/C24H25NO5/c1-4-28-22(26)18(13-25)12-20-21(24(20,2)3)23(27)30-15-17-11-19(29-14-17)10-16-8-6-5-7-9-16/h5-9,11-12,14,20-21H,4,10,15H2,1-3H3/b18-12+/t20-,21+/m1/s1. The van der Waals surface area contributed by atoms with Gasteiger partial charge in [0.15, 0.2) is 0 Å². The van der Waals surface area contributed by atoms with Crippen molar-refractivity contribution in [2.75, 3.05) is 6.61 Å². The van der Waals surface area contributed by atoms with Gasteiger partial charge in [-0.15, -0.1) is 0 Å². The molecule has 0 spiro atoms. The normalized spacial score (nSPS) is 19.6. The van der Waals surface area contributed by atoms with Crippen molar-refractivity contribution >= 4 is 11.9 Å². The van der Waals surface area contributed by atoms with Gasteiger partial charge in [-0.1, -0.05) is 50.3 Å². The summed E-state index contributed by atoms with van der Waals surface area (Å²) in [6.45, 7) is 5.80. The first-order chi connectivity index (χ1) is 14.4. The molecule has 1 heterocycles. The van der Waals surface area contributed by atoms with Crippen LogP contribution in [0.15, 0.2) is 58.7 Å². The molecule has 3 rings (SSSR count). The fraction of sp³-hybridized carbons (Fsp3) is 0.375. The zero-order chi connectivity index (χ0) is 21.7. The molecule has 0 N–H and O–H groups in total. The van der Waals surface area contributed by atoms with Crippen molar-refractivity contribution in [3.05, 3.63) is 71.2 Å². The van der Waals surface area contributed by atoms with E-state index in [1.165, 1.54) is 6.08 Å². The lowest BCUT2D eigenvalue weighted by atomic mass is 10.1. The maximum atomic E-state index is 12.6. The van der Waals surface area contributed by atoms with Gasteiger partial charge in [0.05, 0.1) is 18.8 Å². The number of allylic oxidation sites excluding steroid dienone is 1. The lowest BCUT2D eigenvalue weighted by Crippen LogP contribution is -2.10. The summed E-state index contributed by atoms with van der Waals surface area (Å²) in [6, 6.07) is 13.7. The molecule has 6 nitrogen and oxygen atoms in total. The number of ether oxygens (including phenoxy) is 2. The van der Waals surface area contributed by atoms with Crippen LogP contribution in [0.4, 0.5) is 0 Å². The van der Waals surface area contributed by atoms with Crippen molar-refractivity contribution in [1.82, 2.24) is 0 Å². The number of rotatable bonds is 8. The molecule has 1 aromatic heterocycles. The first-order valence-electron chi connectivity index (χ1n) is 9.92. The molecule has 1 saturated carbocycles. The highest BCUT2D eigenvalue weighted by atomic mass is 16.5. The molecule has 30 heavy (non-hydrogen) atoms. The van der Waals surface area contributed by atoms with E-state index in [1.807, 2.05) is 56.3 Å². The lowest BCUT2D eigenvalue weighted by molar-refractivity contribution is -0.147. The number of esters is 2. The molecular formula is C24H25NO5. The zero-order valence-corrected chi connectivity index (χ0v) is 17.4. The molecule has 2 aromatic rings. The number of furan rings is 1. The third kappa shape index (κ3) is 4.80. The topological polar surface area (TPSA) is 89.5 Å². The average molecular weight is 407 g/mol. The van der Waals surface area contributed by atoms with E-state index >= 15 is 0 Å². The van der Waals surface area contributed by atoms with Crippen molar-refractivity contribution in [3.8, 4) is 6.07 Å². The largest absolute Gasteiger partial charge is 0.469 e. The SMILES string of the molecule is CCOC(=O)/C(C#N)=C/[C@@H]1[C@@H](C(=O)OCc2coc(Cc3ccccc3)c2)C1(C)C. The molecule has 0 bridgehead atoms. The van der Waals surface area contributed by atoms with Crippen LogP contribution in [-0.2, 0) is 32.1 Å². The van der Waals surface area contributed by atoms with E-state index in [4.69, 9.17) is 13.9 Å². The molecule has 1 aromatic carbocycles.